The van der Waals surface area contributed by atoms with E-state index in [1.807, 2.05) is 31.2 Å². The molecule has 0 unspecified atom stereocenters. The zero-order valence-electron chi connectivity index (χ0n) is 11.7. The van der Waals surface area contributed by atoms with Crippen LogP contribution in [0.25, 0.3) is 10.2 Å². The monoisotopic (exact) mass is 333 g/mol. The van der Waals surface area contributed by atoms with Crippen LogP contribution in [-0.4, -0.2) is 22.5 Å². The lowest BCUT2D eigenvalue weighted by Crippen LogP contribution is -2.14. The zero-order valence-corrected chi connectivity index (χ0v) is 13.2. The first-order valence-corrected chi connectivity index (χ1v) is 7.83. The quantitative estimate of drug-likeness (QED) is 0.784. The van der Waals surface area contributed by atoms with Gasteiger partial charge in [-0.1, -0.05) is 35.1 Å². The molecule has 7 heteroatoms. The van der Waals surface area contributed by atoms with E-state index in [2.05, 4.69) is 15.3 Å². The van der Waals surface area contributed by atoms with E-state index in [0.717, 1.165) is 10.2 Å². The molecule has 2 heterocycles. The van der Waals surface area contributed by atoms with Crippen molar-refractivity contribution in [1.29, 1.82) is 0 Å². The molecule has 0 bridgehead atoms. The molecule has 1 amide bonds. The van der Waals surface area contributed by atoms with Crippen molar-refractivity contribution >= 4 is 44.2 Å². The second-order valence-corrected chi connectivity index (χ2v) is 5.79. The third-order valence-corrected chi connectivity index (χ3v) is 4.10. The Morgan fingerprint density at radius 3 is 2.86 bits per heavy atom. The first-order valence-electron chi connectivity index (χ1n) is 6.63. The summed E-state index contributed by atoms with van der Waals surface area (Å²) in [5.74, 6) is -0.0491. The molecule has 1 aromatic carbocycles. The Morgan fingerprint density at radius 2 is 2.09 bits per heavy atom. The van der Waals surface area contributed by atoms with Crippen molar-refractivity contribution < 1.29 is 9.53 Å². The SMILES string of the molecule is CCOc1ccc(Cl)c(C(=O)Nc2nc3ccccc3s2)n1. The number of hydrogen-bond donors (Lipinski definition) is 1. The second kappa shape index (κ2) is 6.29. The normalized spacial score (nSPS) is 10.6. The average Bonchev–Trinajstić information content (AvgIpc) is 2.91. The van der Waals surface area contributed by atoms with E-state index in [0.29, 0.717) is 17.6 Å². The molecular weight excluding hydrogens is 322 g/mol. The van der Waals surface area contributed by atoms with Gasteiger partial charge in [-0.2, -0.15) is 0 Å². The number of pyridine rings is 1. The number of nitrogens with one attached hydrogen (secondary N) is 1. The number of carbonyl (C=O) groups excluding carboxylic acids is 1. The molecule has 3 rings (SSSR count). The number of amides is 1. The maximum atomic E-state index is 12.3. The largest absolute Gasteiger partial charge is 0.478 e. The van der Waals surface area contributed by atoms with Crippen LogP contribution in [0, 0.1) is 0 Å². The third kappa shape index (κ3) is 3.03. The topological polar surface area (TPSA) is 64.1 Å². The van der Waals surface area contributed by atoms with Gasteiger partial charge in [0.25, 0.3) is 5.91 Å². The minimum Gasteiger partial charge on any atom is -0.478 e. The van der Waals surface area contributed by atoms with Gasteiger partial charge in [0.05, 0.1) is 21.8 Å². The van der Waals surface area contributed by atoms with Gasteiger partial charge in [-0.15, -0.1) is 0 Å². The Labute approximate surface area is 135 Å². The van der Waals surface area contributed by atoms with Gasteiger partial charge in [0.2, 0.25) is 5.88 Å². The highest BCUT2D eigenvalue weighted by Crippen LogP contribution is 2.26. The number of thiazole rings is 1. The Kier molecular flexibility index (Phi) is 4.22. The van der Waals surface area contributed by atoms with Gasteiger partial charge < -0.3 is 4.74 Å². The van der Waals surface area contributed by atoms with Gasteiger partial charge in [0.15, 0.2) is 10.8 Å². The summed E-state index contributed by atoms with van der Waals surface area (Å²) in [6, 6.07) is 10.9. The summed E-state index contributed by atoms with van der Waals surface area (Å²) in [5, 5.41) is 3.50. The summed E-state index contributed by atoms with van der Waals surface area (Å²) in [5.41, 5.74) is 0.955. The molecule has 0 saturated heterocycles. The summed E-state index contributed by atoms with van der Waals surface area (Å²) in [7, 11) is 0. The van der Waals surface area contributed by atoms with Crippen molar-refractivity contribution in [1.82, 2.24) is 9.97 Å². The predicted octanol–water partition coefficient (Wildman–Crippen LogP) is 4.00. The highest BCUT2D eigenvalue weighted by atomic mass is 35.5. The van der Waals surface area contributed by atoms with Crippen LogP contribution in [0.4, 0.5) is 5.13 Å². The van der Waals surface area contributed by atoms with Crippen molar-refractivity contribution in [2.45, 2.75) is 6.92 Å². The number of nitrogens with zero attached hydrogens (tertiary/aromatic N) is 2. The van der Waals surface area contributed by atoms with Crippen molar-refractivity contribution in [3.8, 4) is 5.88 Å². The van der Waals surface area contributed by atoms with Crippen LogP contribution in [0.5, 0.6) is 5.88 Å². The van der Waals surface area contributed by atoms with Crippen molar-refractivity contribution in [2.75, 3.05) is 11.9 Å². The molecule has 0 atom stereocenters. The minimum absolute atomic E-state index is 0.117. The lowest BCUT2D eigenvalue weighted by atomic mass is 10.3. The van der Waals surface area contributed by atoms with Crippen LogP contribution in [0.2, 0.25) is 5.02 Å². The fourth-order valence-electron chi connectivity index (χ4n) is 1.89. The molecule has 0 aliphatic carbocycles. The molecule has 0 aliphatic heterocycles. The average molecular weight is 334 g/mol. The van der Waals surface area contributed by atoms with Crippen LogP contribution in [0.15, 0.2) is 36.4 Å². The Hall–Kier alpha value is -2.18. The molecule has 22 heavy (non-hydrogen) atoms. The van der Waals surface area contributed by atoms with Gasteiger partial charge in [-0.3, -0.25) is 10.1 Å². The number of anilines is 1. The highest BCUT2D eigenvalue weighted by Gasteiger charge is 2.16. The number of aromatic nitrogens is 2. The first kappa shape index (κ1) is 14.7. The van der Waals surface area contributed by atoms with Gasteiger partial charge in [0.1, 0.15) is 0 Å². The zero-order chi connectivity index (χ0) is 15.5. The van der Waals surface area contributed by atoms with Crippen LogP contribution < -0.4 is 10.1 Å². The van der Waals surface area contributed by atoms with Crippen molar-refractivity contribution in [3.63, 3.8) is 0 Å². The van der Waals surface area contributed by atoms with Crippen LogP contribution >= 0.6 is 22.9 Å². The van der Waals surface area contributed by atoms with Gasteiger partial charge >= 0.3 is 0 Å². The van der Waals surface area contributed by atoms with Gasteiger partial charge in [-0.25, -0.2) is 9.97 Å². The molecule has 3 aromatic rings. The van der Waals surface area contributed by atoms with Crippen LogP contribution in [0.1, 0.15) is 17.4 Å². The van der Waals surface area contributed by atoms with Gasteiger partial charge in [-0.05, 0) is 25.1 Å². The number of carbonyl (C=O) groups is 1. The lowest BCUT2D eigenvalue weighted by molar-refractivity contribution is 0.102. The van der Waals surface area contributed by atoms with E-state index in [1.54, 1.807) is 12.1 Å². The highest BCUT2D eigenvalue weighted by molar-refractivity contribution is 7.22. The molecular formula is C15H12ClN3O2S. The number of fused-ring (bicyclic) bond motifs is 1. The smallest absolute Gasteiger partial charge is 0.277 e. The second-order valence-electron chi connectivity index (χ2n) is 4.35. The summed E-state index contributed by atoms with van der Waals surface area (Å²) in [4.78, 5) is 20.8. The summed E-state index contributed by atoms with van der Waals surface area (Å²) < 4.78 is 6.29. The summed E-state index contributed by atoms with van der Waals surface area (Å²) >= 11 is 7.44. The maximum absolute atomic E-state index is 12.3. The van der Waals surface area contributed by atoms with E-state index >= 15 is 0 Å². The Morgan fingerprint density at radius 1 is 1.27 bits per heavy atom. The fourth-order valence-corrected chi connectivity index (χ4v) is 2.95. The van der Waals surface area contributed by atoms with Crippen molar-refractivity contribution in [2.24, 2.45) is 0 Å². The number of benzene rings is 1. The molecule has 0 radical (unpaired) electrons. The van der Waals surface area contributed by atoms with Crippen molar-refractivity contribution in [3.05, 3.63) is 47.1 Å². The van der Waals surface area contributed by atoms with E-state index in [1.165, 1.54) is 11.3 Å². The third-order valence-electron chi connectivity index (χ3n) is 2.84. The molecule has 5 nitrogen and oxygen atoms in total. The standard InChI is InChI=1S/C15H12ClN3O2S/c1-2-21-12-8-7-9(16)13(18-12)14(20)19-15-17-10-5-3-4-6-11(10)22-15/h3-8H,2H2,1H3,(H,17,19,20). The molecule has 0 fully saturated rings. The summed E-state index contributed by atoms with van der Waals surface area (Å²) in [6.07, 6.45) is 0. The van der Waals surface area contributed by atoms with E-state index in [4.69, 9.17) is 16.3 Å². The number of halogens is 1. The van der Waals surface area contributed by atoms with Crippen LogP contribution in [-0.2, 0) is 0 Å². The minimum atomic E-state index is -0.411. The van der Waals surface area contributed by atoms with Gasteiger partial charge in [0, 0.05) is 6.07 Å². The molecule has 2 aromatic heterocycles. The number of rotatable bonds is 4. The molecule has 0 aliphatic rings. The van der Waals surface area contributed by atoms with E-state index < -0.39 is 5.91 Å². The van der Waals surface area contributed by atoms with Crippen LogP contribution in [0.3, 0.4) is 0 Å². The molecule has 1 N–H and O–H groups in total. The number of hydrogen-bond acceptors (Lipinski definition) is 5. The Balaban J connectivity index is 1.86. The molecule has 0 spiro atoms. The van der Waals surface area contributed by atoms with E-state index in [9.17, 15) is 4.79 Å². The Bertz CT molecular complexity index is 802. The lowest BCUT2D eigenvalue weighted by Gasteiger charge is -2.06. The molecule has 112 valence electrons. The van der Waals surface area contributed by atoms with E-state index in [-0.39, 0.29) is 10.7 Å². The predicted molar refractivity (Wildman–Crippen MR) is 88.0 cm³/mol. The fraction of sp³-hybridized carbons (Fsp3) is 0.133. The maximum Gasteiger partial charge on any atom is 0.277 e. The summed E-state index contributed by atoms with van der Waals surface area (Å²) in [6.45, 7) is 2.31. The number of para-hydroxylation sites is 1. The number of ether oxygens (including phenoxy) is 1. The first-order chi connectivity index (χ1) is 10.7. The molecule has 0 saturated carbocycles.